The SMILES string of the molecule is Clc1cc(Cl)cc(CNC2CCN3CCCCC23)c1. The summed E-state index contributed by atoms with van der Waals surface area (Å²) in [6.45, 7) is 3.39. The molecule has 104 valence electrons. The number of halogens is 2. The van der Waals surface area contributed by atoms with Crippen molar-refractivity contribution in [3.05, 3.63) is 33.8 Å². The Balaban J connectivity index is 1.60. The van der Waals surface area contributed by atoms with Gasteiger partial charge in [0.25, 0.3) is 0 Å². The summed E-state index contributed by atoms with van der Waals surface area (Å²) in [6, 6.07) is 7.13. The van der Waals surface area contributed by atoms with Crippen LogP contribution in [0.15, 0.2) is 18.2 Å². The first-order valence-corrected chi connectivity index (χ1v) is 7.90. The van der Waals surface area contributed by atoms with Gasteiger partial charge in [-0.05, 0) is 49.6 Å². The van der Waals surface area contributed by atoms with Crippen molar-refractivity contribution >= 4 is 23.2 Å². The van der Waals surface area contributed by atoms with Gasteiger partial charge in [-0.1, -0.05) is 29.6 Å². The van der Waals surface area contributed by atoms with E-state index >= 15 is 0 Å². The Hall–Kier alpha value is -0.280. The van der Waals surface area contributed by atoms with Crippen molar-refractivity contribution in [1.29, 1.82) is 0 Å². The number of benzene rings is 1. The highest BCUT2D eigenvalue weighted by Crippen LogP contribution is 2.27. The maximum Gasteiger partial charge on any atom is 0.0424 e. The summed E-state index contributed by atoms with van der Waals surface area (Å²) in [7, 11) is 0. The van der Waals surface area contributed by atoms with E-state index in [4.69, 9.17) is 23.2 Å². The molecule has 3 rings (SSSR count). The molecule has 2 fully saturated rings. The van der Waals surface area contributed by atoms with Crippen LogP contribution in [0.5, 0.6) is 0 Å². The first-order valence-electron chi connectivity index (χ1n) is 7.15. The third kappa shape index (κ3) is 3.25. The molecule has 0 aliphatic carbocycles. The largest absolute Gasteiger partial charge is 0.308 e. The fourth-order valence-corrected chi connectivity index (χ4v) is 4.02. The zero-order valence-corrected chi connectivity index (χ0v) is 12.6. The van der Waals surface area contributed by atoms with Gasteiger partial charge in [0.15, 0.2) is 0 Å². The lowest BCUT2D eigenvalue weighted by Gasteiger charge is -2.32. The normalized spacial score (nSPS) is 27.5. The topological polar surface area (TPSA) is 15.3 Å². The van der Waals surface area contributed by atoms with Gasteiger partial charge >= 0.3 is 0 Å². The summed E-state index contributed by atoms with van der Waals surface area (Å²) >= 11 is 12.1. The number of rotatable bonds is 3. The van der Waals surface area contributed by atoms with Gasteiger partial charge in [-0.2, -0.15) is 0 Å². The standard InChI is InChI=1S/C15H20Cl2N2/c16-12-7-11(8-13(17)9-12)10-18-14-4-6-19-5-2-1-3-15(14)19/h7-9,14-15,18H,1-6,10H2. The van der Waals surface area contributed by atoms with E-state index in [1.807, 2.05) is 12.1 Å². The fraction of sp³-hybridized carbons (Fsp3) is 0.600. The van der Waals surface area contributed by atoms with Crippen molar-refractivity contribution < 1.29 is 0 Å². The number of fused-ring (bicyclic) bond motifs is 1. The number of nitrogens with zero attached hydrogens (tertiary/aromatic N) is 1. The highest BCUT2D eigenvalue weighted by Gasteiger charge is 2.34. The van der Waals surface area contributed by atoms with E-state index in [0.29, 0.717) is 6.04 Å². The van der Waals surface area contributed by atoms with E-state index in [1.165, 1.54) is 44.3 Å². The van der Waals surface area contributed by atoms with E-state index < -0.39 is 0 Å². The molecule has 0 bridgehead atoms. The van der Waals surface area contributed by atoms with Crippen LogP contribution in [0, 0.1) is 0 Å². The van der Waals surface area contributed by atoms with Crippen LogP contribution in [-0.2, 0) is 6.54 Å². The Bertz CT molecular complexity index is 430. The lowest BCUT2D eigenvalue weighted by molar-refractivity contribution is 0.180. The fourth-order valence-electron chi connectivity index (χ4n) is 3.45. The Kier molecular flexibility index (Phi) is 4.33. The molecule has 2 atom stereocenters. The molecule has 2 saturated heterocycles. The summed E-state index contributed by atoms with van der Waals surface area (Å²) in [4.78, 5) is 2.64. The summed E-state index contributed by atoms with van der Waals surface area (Å²) in [5.74, 6) is 0. The average molecular weight is 299 g/mol. The van der Waals surface area contributed by atoms with Gasteiger partial charge in [0.1, 0.15) is 0 Å². The van der Waals surface area contributed by atoms with Crippen LogP contribution in [0.2, 0.25) is 10.0 Å². The summed E-state index contributed by atoms with van der Waals surface area (Å²) in [5.41, 5.74) is 1.17. The predicted octanol–water partition coefficient (Wildman–Crippen LogP) is 3.71. The van der Waals surface area contributed by atoms with Crippen molar-refractivity contribution in [2.75, 3.05) is 13.1 Å². The monoisotopic (exact) mass is 298 g/mol. The second-order valence-corrected chi connectivity index (χ2v) is 6.53. The number of hydrogen-bond donors (Lipinski definition) is 1. The molecule has 0 saturated carbocycles. The molecule has 1 aromatic rings. The highest BCUT2D eigenvalue weighted by molar-refractivity contribution is 6.34. The van der Waals surface area contributed by atoms with E-state index in [-0.39, 0.29) is 0 Å². The Morgan fingerprint density at radius 3 is 2.63 bits per heavy atom. The minimum Gasteiger partial charge on any atom is -0.308 e. The summed E-state index contributed by atoms with van der Waals surface area (Å²) in [5, 5.41) is 5.13. The predicted molar refractivity (Wildman–Crippen MR) is 80.9 cm³/mol. The van der Waals surface area contributed by atoms with Crippen LogP contribution >= 0.6 is 23.2 Å². The Labute approximate surface area is 125 Å². The first-order chi connectivity index (χ1) is 9.22. The van der Waals surface area contributed by atoms with Crippen molar-refractivity contribution in [3.63, 3.8) is 0 Å². The highest BCUT2D eigenvalue weighted by atomic mass is 35.5. The molecule has 0 spiro atoms. The Morgan fingerprint density at radius 1 is 1.05 bits per heavy atom. The number of piperidine rings is 1. The van der Waals surface area contributed by atoms with Crippen molar-refractivity contribution in [3.8, 4) is 0 Å². The maximum atomic E-state index is 6.04. The molecule has 4 heteroatoms. The molecule has 2 nitrogen and oxygen atoms in total. The van der Waals surface area contributed by atoms with Gasteiger partial charge in [0.05, 0.1) is 0 Å². The average Bonchev–Trinajstić information content (AvgIpc) is 2.78. The van der Waals surface area contributed by atoms with E-state index in [2.05, 4.69) is 10.2 Å². The molecule has 0 radical (unpaired) electrons. The van der Waals surface area contributed by atoms with Gasteiger partial charge in [-0.3, -0.25) is 4.90 Å². The molecule has 1 aromatic carbocycles. The van der Waals surface area contributed by atoms with Gasteiger partial charge < -0.3 is 5.32 Å². The van der Waals surface area contributed by atoms with Crippen LogP contribution in [-0.4, -0.2) is 30.1 Å². The minimum atomic E-state index is 0.623. The third-order valence-electron chi connectivity index (χ3n) is 4.35. The van der Waals surface area contributed by atoms with Crippen LogP contribution < -0.4 is 5.32 Å². The molecule has 19 heavy (non-hydrogen) atoms. The summed E-state index contributed by atoms with van der Waals surface area (Å²) < 4.78 is 0. The van der Waals surface area contributed by atoms with E-state index in [9.17, 15) is 0 Å². The minimum absolute atomic E-state index is 0.623. The van der Waals surface area contributed by atoms with Crippen molar-refractivity contribution in [2.24, 2.45) is 0 Å². The van der Waals surface area contributed by atoms with Gasteiger partial charge in [0.2, 0.25) is 0 Å². The van der Waals surface area contributed by atoms with Crippen LogP contribution in [0.3, 0.4) is 0 Å². The van der Waals surface area contributed by atoms with Crippen molar-refractivity contribution in [2.45, 2.75) is 44.3 Å². The second kappa shape index (κ2) is 6.01. The number of hydrogen-bond acceptors (Lipinski definition) is 2. The van der Waals surface area contributed by atoms with Crippen LogP contribution in [0.1, 0.15) is 31.2 Å². The van der Waals surface area contributed by atoms with E-state index in [0.717, 1.165) is 22.6 Å². The first kappa shape index (κ1) is 13.7. The second-order valence-electron chi connectivity index (χ2n) is 5.65. The van der Waals surface area contributed by atoms with Crippen LogP contribution in [0.25, 0.3) is 0 Å². The van der Waals surface area contributed by atoms with Crippen LogP contribution in [0.4, 0.5) is 0 Å². The molecule has 2 unspecified atom stereocenters. The molecule has 2 heterocycles. The number of nitrogens with one attached hydrogen (secondary N) is 1. The molecular weight excluding hydrogens is 279 g/mol. The molecule has 0 aromatic heterocycles. The quantitative estimate of drug-likeness (QED) is 0.915. The lowest BCUT2D eigenvalue weighted by atomic mass is 9.99. The Morgan fingerprint density at radius 2 is 1.84 bits per heavy atom. The maximum absolute atomic E-state index is 6.04. The van der Waals surface area contributed by atoms with Crippen molar-refractivity contribution in [1.82, 2.24) is 10.2 Å². The lowest BCUT2D eigenvalue weighted by Crippen LogP contribution is -2.44. The van der Waals surface area contributed by atoms with Gasteiger partial charge in [-0.25, -0.2) is 0 Å². The van der Waals surface area contributed by atoms with Gasteiger partial charge in [0, 0.05) is 35.2 Å². The summed E-state index contributed by atoms with van der Waals surface area (Å²) in [6.07, 6.45) is 5.35. The zero-order chi connectivity index (χ0) is 13.2. The smallest absolute Gasteiger partial charge is 0.0424 e. The zero-order valence-electron chi connectivity index (χ0n) is 11.0. The molecular formula is C15H20Cl2N2. The molecule has 1 N–H and O–H groups in total. The molecule has 0 amide bonds. The van der Waals surface area contributed by atoms with Gasteiger partial charge in [-0.15, -0.1) is 0 Å². The third-order valence-corrected chi connectivity index (χ3v) is 4.78. The van der Waals surface area contributed by atoms with E-state index in [1.54, 1.807) is 6.07 Å². The molecule has 2 aliphatic rings. The molecule has 2 aliphatic heterocycles.